The van der Waals surface area contributed by atoms with Crippen LogP contribution in [0.25, 0.3) is 0 Å². The number of hydrogen-bond donors (Lipinski definition) is 1. The molecule has 1 saturated heterocycles. The van der Waals surface area contributed by atoms with Crippen LogP contribution in [0, 0.1) is 0 Å². The van der Waals surface area contributed by atoms with Crippen molar-refractivity contribution in [3.8, 4) is 0 Å². The van der Waals surface area contributed by atoms with Gasteiger partial charge in [0.1, 0.15) is 0 Å². The topological polar surface area (TPSA) is 64.0 Å². The van der Waals surface area contributed by atoms with Gasteiger partial charge in [0, 0.05) is 12.5 Å². The number of sulfone groups is 1. The van der Waals surface area contributed by atoms with E-state index in [0.717, 1.165) is 25.1 Å². The van der Waals surface area contributed by atoms with Gasteiger partial charge < -0.3 is 5.32 Å². The zero-order chi connectivity index (χ0) is 17.2. The summed E-state index contributed by atoms with van der Waals surface area (Å²) in [6, 6.07) is 7.08. The molecule has 0 radical (unpaired) electrons. The molecule has 0 unspecified atom stereocenters. The molecule has 1 N–H and O–H groups in total. The Kier molecular flexibility index (Phi) is 5.06. The van der Waals surface area contributed by atoms with Crippen molar-refractivity contribution in [2.45, 2.75) is 43.5 Å². The van der Waals surface area contributed by atoms with E-state index in [4.69, 9.17) is 5.10 Å². The minimum absolute atomic E-state index is 0.358. The lowest BCUT2D eigenvalue weighted by Gasteiger charge is -2.22. The SMILES string of the molecule is CCc1nn(Cc2ccc(S(C)(=O)=O)cc2)cc1C1CCNCC1. The Hall–Kier alpha value is -1.66. The maximum absolute atomic E-state index is 11.5. The van der Waals surface area contributed by atoms with Crippen LogP contribution in [-0.4, -0.2) is 37.5 Å². The van der Waals surface area contributed by atoms with Crippen molar-refractivity contribution in [3.05, 3.63) is 47.3 Å². The Balaban J connectivity index is 1.79. The predicted molar refractivity (Wildman–Crippen MR) is 95.1 cm³/mol. The number of aryl methyl sites for hydroxylation is 1. The summed E-state index contributed by atoms with van der Waals surface area (Å²) in [6.45, 7) is 4.97. The van der Waals surface area contributed by atoms with E-state index in [2.05, 4.69) is 18.4 Å². The van der Waals surface area contributed by atoms with Crippen molar-refractivity contribution in [3.63, 3.8) is 0 Å². The van der Waals surface area contributed by atoms with Gasteiger partial charge in [0.25, 0.3) is 0 Å². The zero-order valence-electron chi connectivity index (χ0n) is 14.3. The number of nitrogens with zero attached hydrogens (tertiary/aromatic N) is 2. The molecule has 1 fully saturated rings. The first-order valence-electron chi connectivity index (χ1n) is 8.53. The van der Waals surface area contributed by atoms with E-state index in [-0.39, 0.29) is 0 Å². The van der Waals surface area contributed by atoms with E-state index >= 15 is 0 Å². The van der Waals surface area contributed by atoms with Crippen LogP contribution in [0.1, 0.15) is 42.5 Å². The average molecular weight is 347 g/mol. The van der Waals surface area contributed by atoms with Gasteiger partial charge >= 0.3 is 0 Å². The molecule has 0 aliphatic carbocycles. The molecule has 0 atom stereocenters. The number of nitrogens with one attached hydrogen (secondary N) is 1. The van der Waals surface area contributed by atoms with Gasteiger partial charge in [-0.25, -0.2) is 8.42 Å². The molecule has 6 heteroatoms. The van der Waals surface area contributed by atoms with Gasteiger partial charge in [-0.1, -0.05) is 19.1 Å². The van der Waals surface area contributed by atoms with Gasteiger partial charge in [-0.3, -0.25) is 4.68 Å². The number of aromatic nitrogens is 2. The zero-order valence-corrected chi connectivity index (χ0v) is 15.1. The molecule has 24 heavy (non-hydrogen) atoms. The van der Waals surface area contributed by atoms with E-state index in [1.54, 1.807) is 12.1 Å². The minimum Gasteiger partial charge on any atom is -0.317 e. The van der Waals surface area contributed by atoms with Crippen LogP contribution < -0.4 is 5.32 Å². The highest BCUT2D eigenvalue weighted by Gasteiger charge is 2.20. The van der Waals surface area contributed by atoms with Crippen molar-refractivity contribution < 1.29 is 8.42 Å². The highest BCUT2D eigenvalue weighted by molar-refractivity contribution is 7.90. The largest absolute Gasteiger partial charge is 0.317 e. The van der Waals surface area contributed by atoms with Crippen molar-refractivity contribution in [2.24, 2.45) is 0 Å². The van der Waals surface area contributed by atoms with Crippen molar-refractivity contribution in [1.29, 1.82) is 0 Å². The van der Waals surface area contributed by atoms with Gasteiger partial charge in [0.05, 0.1) is 17.1 Å². The monoisotopic (exact) mass is 347 g/mol. The second kappa shape index (κ2) is 7.07. The fraction of sp³-hybridized carbons (Fsp3) is 0.500. The summed E-state index contributed by atoms with van der Waals surface area (Å²) in [5.41, 5.74) is 3.63. The van der Waals surface area contributed by atoms with Crippen molar-refractivity contribution in [1.82, 2.24) is 15.1 Å². The Bertz CT molecular complexity index is 788. The maximum atomic E-state index is 11.5. The van der Waals surface area contributed by atoms with Gasteiger partial charge in [0.15, 0.2) is 9.84 Å². The molecule has 1 aliphatic rings. The average Bonchev–Trinajstić information content (AvgIpc) is 2.98. The molecule has 3 rings (SSSR count). The van der Waals surface area contributed by atoms with Crippen LogP contribution in [0.2, 0.25) is 0 Å². The van der Waals surface area contributed by atoms with Gasteiger partial charge in [0.2, 0.25) is 0 Å². The Morgan fingerprint density at radius 1 is 1.21 bits per heavy atom. The standard InChI is InChI=1S/C18H25N3O2S/c1-3-18-17(15-8-10-19-11-9-15)13-21(20-18)12-14-4-6-16(7-5-14)24(2,22)23/h4-7,13,15,19H,3,8-12H2,1-2H3. The van der Waals surface area contributed by atoms with Crippen LogP contribution >= 0.6 is 0 Å². The summed E-state index contributed by atoms with van der Waals surface area (Å²) < 4.78 is 25.1. The molecule has 0 spiro atoms. The fourth-order valence-electron chi connectivity index (χ4n) is 3.34. The molecular weight excluding hydrogens is 322 g/mol. The summed E-state index contributed by atoms with van der Waals surface area (Å²) in [5.74, 6) is 0.600. The lowest BCUT2D eigenvalue weighted by atomic mass is 9.90. The second-order valence-corrected chi connectivity index (χ2v) is 8.54. The van der Waals surface area contributed by atoms with Crippen molar-refractivity contribution >= 4 is 9.84 Å². The summed E-state index contributed by atoms with van der Waals surface area (Å²) in [5, 5.41) is 8.16. The molecule has 5 nitrogen and oxygen atoms in total. The summed E-state index contributed by atoms with van der Waals surface area (Å²) in [6.07, 6.45) is 6.69. The van der Waals surface area contributed by atoms with Crippen LogP contribution in [0.5, 0.6) is 0 Å². The van der Waals surface area contributed by atoms with Gasteiger partial charge in [-0.05, 0) is 61.5 Å². The molecule has 1 aromatic heterocycles. The first-order chi connectivity index (χ1) is 11.5. The van der Waals surface area contributed by atoms with Crippen LogP contribution in [0.3, 0.4) is 0 Å². The number of rotatable bonds is 5. The third-order valence-corrected chi connectivity index (χ3v) is 5.81. The first-order valence-corrected chi connectivity index (χ1v) is 10.4. The predicted octanol–water partition coefficient (Wildman–Crippen LogP) is 2.36. The molecule has 1 aromatic carbocycles. The molecular formula is C18H25N3O2S. The minimum atomic E-state index is -3.14. The van der Waals surface area contributed by atoms with Crippen molar-refractivity contribution in [2.75, 3.05) is 19.3 Å². The third-order valence-electron chi connectivity index (χ3n) is 4.68. The summed E-state index contributed by atoms with van der Waals surface area (Å²) >= 11 is 0. The van der Waals surface area contributed by atoms with E-state index < -0.39 is 9.84 Å². The molecule has 1 aliphatic heterocycles. The number of benzene rings is 1. The fourth-order valence-corrected chi connectivity index (χ4v) is 3.97. The van der Waals surface area contributed by atoms with E-state index in [1.807, 2.05) is 16.8 Å². The molecule has 130 valence electrons. The van der Waals surface area contributed by atoms with Crippen LogP contribution in [0.15, 0.2) is 35.4 Å². The smallest absolute Gasteiger partial charge is 0.175 e. The van der Waals surface area contributed by atoms with E-state index in [1.165, 1.54) is 30.4 Å². The third kappa shape index (κ3) is 3.87. The maximum Gasteiger partial charge on any atom is 0.175 e. The second-order valence-electron chi connectivity index (χ2n) is 6.52. The highest BCUT2D eigenvalue weighted by Crippen LogP contribution is 2.28. The number of hydrogen-bond acceptors (Lipinski definition) is 4. The molecule has 0 saturated carbocycles. The Morgan fingerprint density at radius 3 is 2.46 bits per heavy atom. The quantitative estimate of drug-likeness (QED) is 0.902. The lowest BCUT2D eigenvalue weighted by molar-refractivity contribution is 0.458. The molecule has 2 aromatic rings. The highest BCUT2D eigenvalue weighted by atomic mass is 32.2. The molecule has 0 amide bonds. The molecule has 0 bridgehead atoms. The Morgan fingerprint density at radius 2 is 1.88 bits per heavy atom. The van der Waals surface area contributed by atoms with Gasteiger partial charge in [-0.15, -0.1) is 0 Å². The van der Waals surface area contributed by atoms with E-state index in [9.17, 15) is 8.42 Å². The van der Waals surface area contributed by atoms with Crippen LogP contribution in [0.4, 0.5) is 0 Å². The Labute approximate surface area is 144 Å². The first kappa shape index (κ1) is 17.2. The molecule has 2 heterocycles. The van der Waals surface area contributed by atoms with E-state index in [0.29, 0.717) is 17.4 Å². The lowest BCUT2D eigenvalue weighted by Crippen LogP contribution is -2.26. The van der Waals surface area contributed by atoms with Gasteiger partial charge in [-0.2, -0.15) is 5.10 Å². The normalized spacial score (nSPS) is 16.4. The van der Waals surface area contributed by atoms with Crippen LogP contribution in [-0.2, 0) is 22.8 Å². The summed E-state index contributed by atoms with van der Waals surface area (Å²) in [4.78, 5) is 0.358. The number of piperidine rings is 1. The summed E-state index contributed by atoms with van der Waals surface area (Å²) in [7, 11) is -3.14.